The van der Waals surface area contributed by atoms with Gasteiger partial charge in [-0.2, -0.15) is 5.10 Å². The molecule has 5 heteroatoms. The number of halogens is 1. The van der Waals surface area contributed by atoms with Crippen molar-refractivity contribution in [3.05, 3.63) is 47.5 Å². The maximum Gasteiger partial charge on any atom is 0.137 e. The van der Waals surface area contributed by atoms with E-state index < -0.39 is 11.6 Å². The maximum atomic E-state index is 10.8. The van der Waals surface area contributed by atoms with Crippen LogP contribution in [0.15, 0.2) is 36.9 Å². The van der Waals surface area contributed by atoms with E-state index in [1.807, 2.05) is 28.9 Å². The fourth-order valence-corrected chi connectivity index (χ4v) is 3.33. The highest BCUT2D eigenvalue weighted by Crippen LogP contribution is 2.39. The van der Waals surface area contributed by atoms with E-state index in [4.69, 9.17) is 11.6 Å². The first-order chi connectivity index (χ1) is 9.73. The van der Waals surface area contributed by atoms with Gasteiger partial charge < -0.3 is 5.11 Å². The average molecular weight is 292 g/mol. The second-order valence-corrected chi connectivity index (χ2v) is 5.82. The molecule has 2 unspecified atom stereocenters. The van der Waals surface area contributed by atoms with Crippen LogP contribution in [0.2, 0.25) is 5.02 Å². The molecule has 1 heterocycles. The van der Waals surface area contributed by atoms with Crippen LogP contribution in [-0.2, 0) is 5.54 Å². The van der Waals surface area contributed by atoms with Crippen LogP contribution >= 0.6 is 11.6 Å². The van der Waals surface area contributed by atoms with Gasteiger partial charge in [-0.1, -0.05) is 43.0 Å². The number of aromatic nitrogens is 3. The zero-order valence-electron chi connectivity index (χ0n) is 11.2. The molecule has 0 spiro atoms. The minimum atomic E-state index is -0.530. The Bertz CT molecular complexity index is 555. The molecule has 106 valence electrons. The predicted octanol–water partition coefficient (Wildman–Crippen LogP) is 3.00. The molecule has 3 rings (SSSR count). The zero-order chi connectivity index (χ0) is 14.0. The van der Waals surface area contributed by atoms with Crippen LogP contribution in [0.5, 0.6) is 0 Å². The number of benzene rings is 1. The van der Waals surface area contributed by atoms with Crippen LogP contribution in [0.4, 0.5) is 0 Å². The fraction of sp³-hybridized carbons (Fsp3) is 0.467. The summed E-state index contributed by atoms with van der Waals surface area (Å²) in [5.74, 6) is 0. The van der Waals surface area contributed by atoms with Gasteiger partial charge >= 0.3 is 0 Å². The Morgan fingerprint density at radius 3 is 2.70 bits per heavy atom. The van der Waals surface area contributed by atoms with E-state index in [1.54, 1.807) is 6.33 Å². The van der Waals surface area contributed by atoms with Gasteiger partial charge in [0.05, 0.1) is 6.10 Å². The second kappa shape index (κ2) is 5.54. The molecule has 20 heavy (non-hydrogen) atoms. The highest BCUT2D eigenvalue weighted by molar-refractivity contribution is 6.30. The van der Waals surface area contributed by atoms with Gasteiger partial charge in [-0.05, 0) is 30.5 Å². The largest absolute Gasteiger partial charge is 0.390 e. The van der Waals surface area contributed by atoms with Gasteiger partial charge in [0, 0.05) is 5.02 Å². The number of aliphatic hydroxyl groups is 1. The zero-order valence-corrected chi connectivity index (χ0v) is 12.0. The summed E-state index contributed by atoms with van der Waals surface area (Å²) in [7, 11) is 0. The minimum absolute atomic E-state index is 0.465. The quantitative estimate of drug-likeness (QED) is 0.866. The average Bonchev–Trinajstić information content (AvgIpc) is 2.92. The molecule has 0 radical (unpaired) electrons. The Labute approximate surface area is 123 Å². The van der Waals surface area contributed by atoms with E-state index in [9.17, 15) is 5.11 Å². The lowest BCUT2D eigenvalue weighted by Gasteiger charge is -2.37. The van der Waals surface area contributed by atoms with E-state index in [2.05, 4.69) is 10.1 Å². The molecule has 1 aliphatic carbocycles. The number of rotatable bonds is 2. The standard InChI is InChI=1S/C15H18ClN3O/c16-13-7-5-12(6-8-13)15(19-11-17-10-18-19)9-3-1-2-4-14(15)20/h5-8,10-11,14,20H,1-4,9H2. The van der Waals surface area contributed by atoms with Crippen LogP contribution in [0.3, 0.4) is 0 Å². The van der Waals surface area contributed by atoms with E-state index in [-0.39, 0.29) is 0 Å². The Kier molecular flexibility index (Phi) is 3.76. The highest BCUT2D eigenvalue weighted by atomic mass is 35.5. The molecular formula is C15H18ClN3O. The van der Waals surface area contributed by atoms with Gasteiger partial charge in [-0.3, -0.25) is 0 Å². The summed E-state index contributed by atoms with van der Waals surface area (Å²) < 4.78 is 1.81. The summed E-state index contributed by atoms with van der Waals surface area (Å²) in [4.78, 5) is 4.07. The van der Waals surface area contributed by atoms with E-state index >= 15 is 0 Å². The topological polar surface area (TPSA) is 50.9 Å². The van der Waals surface area contributed by atoms with Crippen molar-refractivity contribution in [2.75, 3.05) is 0 Å². The summed E-state index contributed by atoms with van der Waals surface area (Å²) in [6.45, 7) is 0. The highest BCUT2D eigenvalue weighted by Gasteiger charge is 2.42. The molecular weight excluding hydrogens is 274 g/mol. The third-order valence-corrected chi connectivity index (χ3v) is 4.51. The molecule has 2 atom stereocenters. The van der Waals surface area contributed by atoms with Crippen molar-refractivity contribution in [3.8, 4) is 0 Å². The first-order valence-electron chi connectivity index (χ1n) is 7.03. The summed E-state index contributed by atoms with van der Waals surface area (Å²) in [6, 6.07) is 7.71. The third kappa shape index (κ3) is 2.23. The molecule has 0 aliphatic heterocycles. The van der Waals surface area contributed by atoms with Gasteiger partial charge in [0.25, 0.3) is 0 Å². The molecule has 2 aromatic rings. The van der Waals surface area contributed by atoms with Gasteiger partial charge in [-0.15, -0.1) is 0 Å². The van der Waals surface area contributed by atoms with Crippen molar-refractivity contribution in [1.82, 2.24) is 14.8 Å². The molecule has 1 saturated carbocycles. The number of hydrogen-bond acceptors (Lipinski definition) is 3. The molecule has 1 aromatic carbocycles. The van der Waals surface area contributed by atoms with Crippen molar-refractivity contribution in [1.29, 1.82) is 0 Å². The molecule has 4 nitrogen and oxygen atoms in total. The molecule has 0 amide bonds. The lowest BCUT2D eigenvalue weighted by molar-refractivity contribution is 0.0455. The van der Waals surface area contributed by atoms with E-state index in [1.165, 1.54) is 6.33 Å². The van der Waals surface area contributed by atoms with Crippen LogP contribution < -0.4 is 0 Å². The molecule has 1 fully saturated rings. The number of hydrogen-bond donors (Lipinski definition) is 1. The first-order valence-corrected chi connectivity index (χ1v) is 7.40. The lowest BCUT2D eigenvalue weighted by atomic mass is 9.80. The Balaban J connectivity index is 2.14. The van der Waals surface area contributed by atoms with E-state index in [0.29, 0.717) is 5.02 Å². The first kappa shape index (κ1) is 13.6. The second-order valence-electron chi connectivity index (χ2n) is 5.39. The summed E-state index contributed by atoms with van der Waals surface area (Å²) in [5, 5.41) is 15.8. The van der Waals surface area contributed by atoms with Crippen LogP contribution in [-0.4, -0.2) is 26.0 Å². The monoisotopic (exact) mass is 291 g/mol. The molecule has 0 saturated heterocycles. The van der Waals surface area contributed by atoms with Crippen LogP contribution in [0.25, 0.3) is 0 Å². The Morgan fingerprint density at radius 1 is 1.20 bits per heavy atom. The lowest BCUT2D eigenvalue weighted by Crippen LogP contribution is -2.45. The van der Waals surface area contributed by atoms with Crippen LogP contribution in [0.1, 0.15) is 37.7 Å². The fourth-order valence-electron chi connectivity index (χ4n) is 3.20. The normalized spacial score (nSPS) is 27.2. The van der Waals surface area contributed by atoms with E-state index in [0.717, 1.165) is 37.7 Å². The maximum absolute atomic E-state index is 10.8. The summed E-state index contributed by atoms with van der Waals surface area (Å²) in [5.41, 5.74) is 0.513. The van der Waals surface area contributed by atoms with Crippen molar-refractivity contribution >= 4 is 11.6 Å². The minimum Gasteiger partial charge on any atom is -0.390 e. The Hall–Kier alpha value is -1.39. The molecule has 0 bridgehead atoms. The summed E-state index contributed by atoms with van der Waals surface area (Å²) in [6.07, 6.45) is 7.65. The van der Waals surface area contributed by atoms with Crippen molar-refractivity contribution in [2.45, 2.75) is 43.7 Å². The van der Waals surface area contributed by atoms with Gasteiger partial charge in [0.1, 0.15) is 18.2 Å². The number of nitrogens with zero attached hydrogens (tertiary/aromatic N) is 3. The van der Waals surface area contributed by atoms with Crippen molar-refractivity contribution < 1.29 is 5.11 Å². The molecule has 1 aliphatic rings. The smallest absolute Gasteiger partial charge is 0.137 e. The SMILES string of the molecule is OC1CCCCCC1(c1ccc(Cl)cc1)n1cncn1. The third-order valence-electron chi connectivity index (χ3n) is 4.26. The Morgan fingerprint density at radius 2 is 2.00 bits per heavy atom. The van der Waals surface area contributed by atoms with Gasteiger partial charge in [0.15, 0.2) is 0 Å². The predicted molar refractivity (Wildman–Crippen MR) is 77.6 cm³/mol. The summed E-state index contributed by atoms with van der Waals surface area (Å²) >= 11 is 5.99. The van der Waals surface area contributed by atoms with Crippen LogP contribution in [0, 0.1) is 0 Å². The van der Waals surface area contributed by atoms with Gasteiger partial charge in [0.2, 0.25) is 0 Å². The van der Waals surface area contributed by atoms with Crippen molar-refractivity contribution in [3.63, 3.8) is 0 Å². The van der Waals surface area contributed by atoms with Crippen molar-refractivity contribution in [2.24, 2.45) is 0 Å². The van der Waals surface area contributed by atoms with Gasteiger partial charge in [-0.25, -0.2) is 9.67 Å². The molecule has 1 N–H and O–H groups in total. The molecule has 1 aromatic heterocycles. The number of aliphatic hydroxyl groups excluding tert-OH is 1.